The van der Waals surface area contributed by atoms with Crippen LogP contribution in [0.1, 0.15) is 46.2 Å². The number of carbonyl (C=O) groups is 1. The summed E-state index contributed by atoms with van der Waals surface area (Å²) in [5.74, 6) is 0.197. The number of rotatable bonds is 4. The molecule has 1 aliphatic rings. The van der Waals surface area contributed by atoms with Crippen LogP contribution >= 0.6 is 11.6 Å². The van der Waals surface area contributed by atoms with Crippen molar-refractivity contribution in [3.63, 3.8) is 0 Å². The van der Waals surface area contributed by atoms with Gasteiger partial charge in [0.05, 0.1) is 34.6 Å². The highest BCUT2D eigenvalue weighted by molar-refractivity contribution is 6.31. The highest BCUT2D eigenvalue weighted by atomic mass is 35.5. The molecule has 0 bridgehead atoms. The molecule has 116 valence electrons. The van der Waals surface area contributed by atoms with Gasteiger partial charge in [-0.2, -0.15) is 5.26 Å². The van der Waals surface area contributed by atoms with E-state index in [9.17, 15) is 4.79 Å². The molecule has 3 rings (SSSR count). The summed E-state index contributed by atoms with van der Waals surface area (Å²) in [6.45, 7) is 0.317. The largest absolute Gasteiger partial charge is 0.334 e. The Morgan fingerprint density at radius 1 is 1.43 bits per heavy atom. The van der Waals surface area contributed by atoms with Crippen molar-refractivity contribution in [2.24, 2.45) is 0 Å². The predicted molar refractivity (Wildman–Crippen MR) is 86.0 cm³/mol. The van der Waals surface area contributed by atoms with E-state index in [0.29, 0.717) is 34.4 Å². The van der Waals surface area contributed by atoms with Crippen molar-refractivity contribution in [2.75, 3.05) is 7.05 Å². The maximum atomic E-state index is 12.5. The second-order valence-electron chi connectivity index (χ2n) is 5.65. The maximum Gasteiger partial charge on any atom is 0.272 e. The SMILES string of the molecule is CN(Cc1cc(C#N)ccn1)C(=O)c1ccc(Cl)c(C2CC2)n1. The molecule has 2 aromatic rings. The van der Waals surface area contributed by atoms with E-state index in [2.05, 4.69) is 16.0 Å². The number of nitrogens with zero attached hydrogens (tertiary/aromatic N) is 4. The van der Waals surface area contributed by atoms with Gasteiger partial charge in [0.15, 0.2) is 0 Å². The minimum Gasteiger partial charge on any atom is -0.334 e. The topological polar surface area (TPSA) is 69.9 Å². The van der Waals surface area contributed by atoms with Crippen molar-refractivity contribution >= 4 is 17.5 Å². The molecule has 23 heavy (non-hydrogen) atoms. The number of aromatic nitrogens is 2. The molecule has 0 N–H and O–H groups in total. The number of nitriles is 1. The lowest BCUT2D eigenvalue weighted by Crippen LogP contribution is -2.27. The van der Waals surface area contributed by atoms with Crippen molar-refractivity contribution in [3.05, 3.63) is 58.1 Å². The summed E-state index contributed by atoms with van der Waals surface area (Å²) >= 11 is 6.15. The average molecular weight is 327 g/mol. The van der Waals surface area contributed by atoms with Crippen LogP contribution in [0.15, 0.2) is 30.5 Å². The number of halogens is 1. The Balaban J connectivity index is 1.77. The minimum absolute atomic E-state index is 0.187. The van der Waals surface area contributed by atoms with Gasteiger partial charge in [-0.3, -0.25) is 9.78 Å². The van der Waals surface area contributed by atoms with E-state index < -0.39 is 0 Å². The van der Waals surface area contributed by atoms with Gasteiger partial charge in [0.25, 0.3) is 5.91 Å². The highest BCUT2D eigenvalue weighted by Gasteiger charge is 2.28. The number of hydrogen-bond acceptors (Lipinski definition) is 4. The molecule has 5 nitrogen and oxygen atoms in total. The molecular weight excluding hydrogens is 312 g/mol. The van der Waals surface area contributed by atoms with Crippen molar-refractivity contribution in [1.82, 2.24) is 14.9 Å². The van der Waals surface area contributed by atoms with Gasteiger partial charge in [-0.15, -0.1) is 0 Å². The molecule has 0 aromatic carbocycles. The van der Waals surface area contributed by atoms with Gasteiger partial charge in [0, 0.05) is 19.2 Å². The van der Waals surface area contributed by atoms with Crippen LogP contribution in [0.5, 0.6) is 0 Å². The molecular formula is C17H15ClN4O. The van der Waals surface area contributed by atoms with E-state index in [4.69, 9.17) is 16.9 Å². The van der Waals surface area contributed by atoms with E-state index in [-0.39, 0.29) is 5.91 Å². The molecule has 1 amide bonds. The Labute approximate surface area is 139 Å². The van der Waals surface area contributed by atoms with Gasteiger partial charge < -0.3 is 4.90 Å². The average Bonchev–Trinajstić information content (AvgIpc) is 3.39. The smallest absolute Gasteiger partial charge is 0.272 e. The third-order valence-corrected chi connectivity index (χ3v) is 4.07. The monoisotopic (exact) mass is 326 g/mol. The van der Waals surface area contributed by atoms with Crippen LogP contribution in [-0.4, -0.2) is 27.8 Å². The Morgan fingerprint density at radius 2 is 2.22 bits per heavy atom. The van der Waals surface area contributed by atoms with Crippen molar-refractivity contribution < 1.29 is 4.79 Å². The second-order valence-corrected chi connectivity index (χ2v) is 6.05. The maximum absolute atomic E-state index is 12.5. The van der Waals surface area contributed by atoms with E-state index in [1.54, 1.807) is 37.5 Å². The number of carbonyl (C=O) groups excluding carboxylic acids is 1. The fourth-order valence-electron chi connectivity index (χ4n) is 2.36. The van der Waals surface area contributed by atoms with Crippen LogP contribution < -0.4 is 0 Å². The van der Waals surface area contributed by atoms with E-state index >= 15 is 0 Å². The first-order valence-electron chi connectivity index (χ1n) is 7.35. The third kappa shape index (κ3) is 3.49. The van der Waals surface area contributed by atoms with Crippen molar-refractivity contribution in [3.8, 4) is 6.07 Å². The van der Waals surface area contributed by atoms with E-state index in [1.165, 1.54) is 4.90 Å². The summed E-state index contributed by atoms with van der Waals surface area (Å²) < 4.78 is 0. The van der Waals surface area contributed by atoms with Gasteiger partial charge in [0.1, 0.15) is 5.69 Å². The lowest BCUT2D eigenvalue weighted by Gasteiger charge is -2.17. The Morgan fingerprint density at radius 3 is 2.91 bits per heavy atom. The van der Waals surface area contributed by atoms with Crippen molar-refractivity contribution in [1.29, 1.82) is 5.26 Å². The van der Waals surface area contributed by atoms with Crippen LogP contribution in [0.4, 0.5) is 0 Å². The normalized spacial score (nSPS) is 13.4. The molecule has 1 saturated carbocycles. The molecule has 6 heteroatoms. The number of hydrogen-bond donors (Lipinski definition) is 0. The minimum atomic E-state index is -0.187. The van der Waals surface area contributed by atoms with Crippen LogP contribution in [0.25, 0.3) is 0 Å². The van der Waals surface area contributed by atoms with Crippen LogP contribution in [-0.2, 0) is 6.54 Å². The Kier molecular flexibility index (Phi) is 4.26. The molecule has 1 aliphatic carbocycles. The molecule has 2 heterocycles. The lowest BCUT2D eigenvalue weighted by atomic mass is 10.2. The third-order valence-electron chi connectivity index (χ3n) is 3.75. The zero-order valence-electron chi connectivity index (χ0n) is 12.7. The molecule has 0 aliphatic heterocycles. The van der Waals surface area contributed by atoms with Gasteiger partial charge in [-0.25, -0.2) is 4.98 Å². The summed E-state index contributed by atoms with van der Waals surface area (Å²) in [4.78, 5) is 22.7. The summed E-state index contributed by atoms with van der Waals surface area (Å²) in [5, 5.41) is 9.54. The number of amides is 1. The predicted octanol–water partition coefficient (Wildman–Crippen LogP) is 3.15. The molecule has 0 spiro atoms. The fraction of sp³-hybridized carbons (Fsp3) is 0.294. The summed E-state index contributed by atoms with van der Waals surface area (Å²) in [7, 11) is 1.69. The molecule has 0 unspecified atom stereocenters. The van der Waals surface area contributed by atoms with Gasteiger partial charge in [-0.1, -0.05) is 11.6 Å². The first kappa shape index (κ1) is 15.4. The summed E-state index contributed by atoms with van der Waals surface area (Å²) in [6.07, 6.45) is 3.72. The molecule has 0 atom stereocenters. The van der Waals surface area contributed by atoms with Gasteiger partial charge >= 0.3 is 0 Å². The van der Waals surface area contributed by atoms with Crippen LogP contribution in [0.3, 0.4) is 0 Å². The van der Waals surface area contributed by atoms with Crippen LogP contribution in [0, 0.1) is 11.3 Å². The van der Waals surface area contributed by atoms with E-state index in [1.807, 2.05) is 0 Å². The van der Waals surface area contributed by atoms with E-state index in [0.717, 1.165) is 18.5 Å². The quantitative estimate of drug-likeness (QED) is 0.865. The molecule has 2 aromatic heterocycles. The zero-order valence-corrected chi connectivity index (χ0v) is 13.4. The summed E-state index contributed by atoms with van der Waals surface area (Å²) in [5.41, 5.74) is 2.39. The standard InChI is InChI=1S/C17H15ClN4O/c1-22(10-13-8-11(9-19)6-7-20-13)17(23)15-5-4-14(18)16(21-15)12-2-3-12/h4-8,12H,2-3,10H2,1H3. The molecule has 1 fully saturated rings. The molecule has 0 radical (unpaired) electrons. The van der Waals surface area contributed by atoms with Crippen molar-refractivity contribution in [2.45, 2.75) is 25.3 Å². The first-order chi connectivity index (χ1) is 11.1. The van der Waals surface area contributed by atoms with Gasteiger partial charge in [0.2, 0.25) is 0 Å². The zero-order chi connectivity index (χ0) is 16.4. The molecule has 0 saturated heterocycles. The number of pyridine rings is 2. The second kappa shape index (κ2) is 6.35. The van der Waals surface area contributed by atoms with Gasteiger partial charge in [-0.05, 0) is 37.1 Å². The Hall–Kier alpha value is -2.45. The lowest BCUT2D eigenvalue weighted by molar-refractivity contribution is 0.0777. The summed E-state index contributed by atoms with van der Waals surface area (Å²) in [6, 6.07) is 8.75. The first-order valence-corrected chi connectivity index (χ1v) is 7.73. The Bertz CT molecular complexity index is 795. The van der Waals surface area contributed by atoms with Crippen LogP contribution in [0.2, 0.25) is 5.02 Å². The highest BCUT2D eigenvalue weighted by Crippen LogP contribution is 2.42. The fourth-order valence-corrected chi connectivity index (χ4v) is 2.62.